The molecule has 0 bridgehead atoms. The van der Waals surface area contributed by atoms with Gasteiger partial charge in [0.05, 0.1) is 0 Å². The molecule has 3 heteroatoms. The van der Waals surface area contributed by atoms with Gasteiger partial charge in [0, 0.05) is 19.6 Å². The molecule has 0 aliphatic carbocycles. The van der Waals surface area contributed by atoms with Crippen molar-refractivity contribution in [1.82, 2.24) is 4.90 Å². The Labute approximate surface area is 161 Å². The summed E-state index contributed by atoms with van der Waals surface area (Å²) in [5.41, 5.74) is 3.74. The molecule has 0 fully saturated rings. The van der Waals surface area contributed by atoms with Crippen molar-refractivity contribution < 1.29 is 10.2 Å². The topological polar surface area (TPSA) is 43.7 Å². The minimum atomic E-state index is -0.0660. The van der Waals surface area contributed by atoms with Gasteiger partial charge >= 0.3 is 0 Å². The molecular formula is C24H27NO2. The van der Waals surface area contributed by atoms with E-state index in [-0.39, 0.29) is 11.5 Å². The molecule has 3 nitrogen and oxygen atoms in total. The van der Waals surface area contributed by atoms with E-state index in [0.717, 1.165) is 44.5 Å². The number of rotatable bonds is 9. The van der Waals surface area contributed by atoms with Gasteiger partial charge in [0.15, 0.2) is 11.5 Å². The number of phenols is 2. The Bertz CT molecular complexity index is 775. The summed E-state index contributed by atoms with van der Waals surface area (Å²) >= 11 is 0. The van der Waals surface area contributed by atoms with Gasteiger partial charge in [-0.05, 0) is 48.1 Å². The number of aromatic hydroxyl groups is 2. The zero-order chi connectivity index (χ0) is 18.9. The third kappa shape index (κ3) is 6.15. The fraction of sp³-hybridized carbons (Fsp3) is 0.250. The predicted octanol–water partition coefficient (Wildman–Crippen LogP) is 4.43. The van der Waals surface area contributed by atoms with Crippen LogP contribution in [0.25, 0.3) is 0 Å². The van der Waals surface area contributed by atoms with Crippen LogP contribution in [-0.2, 0) is 19.3 Å². The molecule has 0 saturated carbocycles. The minimum Gasteiger partial charge on any atom is -0.504 e. The average molecular weight is 361 g/mol. The molecule has 0 spiro atoms. The van der Waals surface area contributed by atoms with Crippen LogP contribution < -0.4 is 0 Å². The second kappa shape index (κ2) is 9.79. The number of phenolic OH excluding ortho intramolecular Hbond substituents is 2. The van der Waals surface area contributed by atoms with Crippen molar-refractivity contribution in [1.29, 1.82) is 0 Å². The predicted molar refractivity (Wildman–Crippen MR) is 110 cm³/mol. The second-order valence-corrected chi connectivity index (χ2v) is 6.89. The summed E-state index contributed by atoms with van der Waals surface area (Å²) in [4.78, 5) is 2.48. The molecule has 0 unspecified atom stereocenters. The highest BCUT2D eigenvalue weighted by atomic mass is 16.3. The SMILES string of the molecule is Oc1ccc(CCN(CCc2ccccc2)CCc2ccccc2)cc1O. The maximum absolute atomic E-state index is 9.71. The highest BCUT2D eigenvalue weighted by Crippen LogP contribution is 2.25. The third-order valence-electron chi connectivity index (χ3n) is 4.88. The van der Waals surface area contributed by atoms with Gasteiger partial charge < -0.3 is 15.1 Å². The van der Waals surface area contributed by atoms with Gasteiger partial charge in [-0.2, -0.15) is 0 Å². The maximum atomic E-state index is 9.71. The summed E-state index contributed by atoms with van der Waals surface area (Å²) in [6, 6.07) is 26.2. The molecule has 0 amide bonds. The molecule has 3 aromatic carbocycles. The highest BCUT2D eigenvalue weighted by molar-refractivity contribution is 5.40. The van der Waals surface area contributed by atoms with Crippen LogP contribution in [0, 0.1) is 0 Å². The third-order valence-corrected chi connectivity index (χ3v) is 4.88. The zero-order valence-corrected chi connectivity index (χ0v) is 15.6. The Morgan fingerprint density at radius 2 is 1.00 bits per heavy atom. The van der Waals surface area contributed by atoms with E-state index in [9.17, 15) is 10.2 Å². The first-order valence-corrected chi connectivity index (χ1v) is 9.52. The Hall–Kier alpha value is -2.78. The highest BCUT2D eigenvalue weighted by Gasteiger charge is 2.08. The molecule has 0 radical (unpaired) electrons. The molecule has 0 heterocycles. The molecule has 3 aromatic rings. The first kappa shape index (κ1) is 19.0. The van der Waals surface area contributed by atoms with Crippen molar-refractivity contribution in [3.8, 4) is 11.5 Å². The van der Waals surface area contributed by atoms with Crippen molar-refractivity contribution in [3.63, 3.8) is 0 Å². The minimum absolute atomic E-state index is 0.0485. The number of benzene rings is 3. The van der Waals surface area contributed by atoms with Crippen LogP contribution in [0.4, 0.5) is 0 Å². The molecule has 0 aliphatic rings. The van der Waals surface area contributed by atoms with Crippen LogP contribution in [0.5, 0.6) is 11.5 Å². The van der Waals surface area contributed by atoms with E-state index in [0.29, 0.717) is 0 Å². The normalized spacial score (nSPS) is 11.0. The van der Waals surface area contributed by atoms with E-state index in [2.05, 4.69) is 53.4 Å². The molecule has 140 valence electrons. The summed E-state index contributed by atoms with van der Waals surface area (Å²) in [5.74, 6) is -0.114. The molecule has 3 rings (SSSR count). The van der Waals surface area contributed by atoms with Crippen LogP contribution in [0.1, 0.15) is 16.7 Å². The van der Waals surface area contributed by atoms with Crippen molar-refractivity contribution in [2.24, 2.45) is 0 Å². The number of hydrogen-bond acceptors (Lipinski definition) is 3. The van der Waals surface area contributed by atoms with E-state index in [1.165, 1.54) is 11.1 Å². The summed E-state index contributed by atoms with van der Waals surface area (Å²) in [7, 11) is 0. The summed E-state index contributed by atoms with van der Waals surface area (Å²) in [6.07, 6.45) is 2.89. The molecule has 0 aliphatic heterocycles. The van der Waals surface area contributed by atoms with E-state index >= 15 is 0 Å². The van der Waals surface area contributed by atoms with Gasteiger partial charge in [-0.25, -0.2) is 0 Å². The lowest BCUT2D eigenvalue weighted by atomic mass is 10.1. The lowest BCUT2D eigenvalue weighted by Gasteiger charge is -2.22. The molecule has 0 aromatic heterocycles. The number of hydrogen-bond donors (Lipinski definition) is 2. The van der Waals surface area contributed by atoms with Gasteiger partial charge in [0.2, 0.25) is 0 Å². The van der Waals surface area contributed by atoms with Gasteiger partial charge in [0.1, 0.15) is 0 Å². The lowest BCUT2D eigenvalue weighted by molar-refractivity contribution is 0.283. The smallest absolute Gasteiger partial charge is 0.157 e. The number of nitrogens with zero attached hydrogens (tertiary/aromatic N) is 1. The van der Waals surface area contributed by atoms with Crippen molar-refractivity contribution in [2.75, 3.05) is 19.6 Å². The van der Waals surface area contributed by atoms with E-state index in [4.69, 9.17) is 0 Å². The Morgan fingerprint density at radius 1 is 0.519 bits per heavy atom. The summed E-state index contributed by atoms with van der Waals surface area (Å²) in [6.45, 7) is 2.92. The van der Waals surface area contributed by atoms with Gasteiger partial charge in [0.25, 0.3) is 0 Å². The quantitative estimate of drug-likeness (QED) is 0.554. The van der Waals surface area contributed by atoms with E-state index < -0.39 is 0 Å². The van der Waals surface area contributed by atoms with Gasteiger partial charge in [-0.3, -0.25) is 0 Å². The Balaban J connectivity index is 1.59. The van der Waals surface area contributed by atoms with Crippen molar-refractivity contribution in [2.45, 2.75) is 19.3 Å². The van der Waals surface area contributed by atoms with E-state index in [1.54, 1.807) is 12.1 Å². The Kier molecular flexibility index (Phi) is 6.89. The first-order chi connectivity index (χ1) is 13.2. The summed E-state index contributed by atoms with van der Waals surface area (Å²) < 4.78 is 0. The molecular weight excluding hydrogens is 334 g/mol. The van der Waals surface area contributed by atoms with Crippen LogP contribution in [0.2, 0.25) is 0 Å². The van der Waals surface area contributed by atoms with Crippen LogP contribution in [0.15, 0.2) is 78.9 Å². The van der Waals surface area contributed by atoms with Crippen LogP contribution in [-0.4, -0.2) is 34.7 Å². The molecule has 2 N–H and O–H groups in total. The molecule has 0 atom stereocenters. The van der Waals surface area contributed by atoms with Gasteiger partial charge in [-0.15, -0.1) is 0 Å². The molecule has 0 saturated heterocycles. The average Bonchev–Trinajstić information content (AvgIpc) is 2.71. The standard InChI is InChI=1S/C24H27NO2/c26-23-12-11-22(19-24(23)27)15-18-25(16-13-20-7-3-1-4-8-20)17-14-21-9-5-2-6-10-21/h1-12,19,26-27H,13-18H2. The Morgan fingerprint density at radius 3 is 1.48 bits per heavy atom. The fourth-order valence-corrected chi connectivity index (χ4v) is 3.21. The van der Waals surface area contributed by atoms with Crippen LogP contribution >= 0.6 is 0 Å². The summed E-state index contributed by atoms with van der Waals surface area (Å²) in [5, 5.41) is 19.2. The van der Waals surface area contributed by atoms with E-state index in [1.807, 2.05) is 18.2 Å². The fourth-order valence-electron chi connectivity index (χ4n) is 3.21. The monoisotopic (exact) mass is 361 g/mol. The molecule has 27 heavy (non-hydrogen) atoms. The largest absolute Gasteiger partial charge is 0.504 e. The van der Waals surface area contributed by atoms with Crippen molar-refractivity contribution in [3.05, 3.63) is 95.6 Å². The first-order valence-electron chi connectivity index (χ1n) is 9.52. The zero-order valence-electron chi connectivity index (χ0n) is 15.6. The lowest BCUT2D eigenvalue weighted by Crippen LogP contribution is -2.30. The van der Waals surface area contributed by atoms with Crippen molar-refractivity contribution >= 4 is 0 Å². The maximum Gasteiger partial charge on any atom is 0.157 e. The second-order valence-electron chi connectivity index (χ2n) is 6.89. The van der Waals surface area contributed by atoms with Crippen LogP contribution in [0.3, 0.4) is 0 Å². The van der Waals surface area contributed by atoms with Gasteiger partial charge in [-0.1, -0.05) is 66.7 Å².